The number of nitrogens with zero attached hydrogens (tertiary/aromatic N) is 1. The molecule has 18 heavy (non-hydrogen) atoms. The highest BCUT2D eigenvalue weighted by molar-refractivity contribution is 9.10. The normalized spacial score (nSPS) is 10.4. The summed E-state index contributed by atoms with van der Waals surface area (Å²) in [5.74, 6) is -0.100. The van der Waals surface area contributed by atoms with Crippen molar-refractivity contribution in [2.24, 2.45) is 7.05 Å². The topological polar surface area (TPSA) is 34.0 Å². The van der Waals surface area contributed by atoms with Crippen molar-refractivity contribution in [2.45, 2.75) is 13.8 Å². The molecule has 0 radical (unpaired) electrons. The van der Waals surface area contributed by atoms with Crippen LogP contribution in [0.4, 0.5) is 5.69 Å². The summed E-state index contributed by atoms with van der Waals surface area (Å²) >= 11 is 3.43. The number of hydrogen-bond donors (Lipinski definition) is 1. The molecule has 1 aromatic carbocycles. The summed E-state index contributed by atoms with van der Waals surface area (Å²) < 4.78 is 2.76. The molecule has 0 saturated carbocycles. The molecule has 1 heterocycles. The van der Waals surface area contributed by atoms with Gasteiger partial charge in [-0.2, -0.15) is 0 Å². The zero-order valence-electron chi connectivity index (χ0n) is 10.6. The van der Waals surface area contributed by atoms with E-state index in [1.807, 2.05) is 55.8 Å². The average Bonchev–Trinajstić information content (AvgIpc) is 2.65. The third-order valence-electron chi connectivity index (χ3n) is 2.98. The van der Waals surface area contributed by atoms with E-state index in [-0.39, 0.29) is 5.91 Å². The van der Waals surface area contributed by atoms with E-state index < -0.39 is 0 Å². The average molecular weight is 307 g/mol. The van der Waals surface area contributed by atoms with Crippen LogP contribution < -0.4 is 5.32 Å². The van der Waals surface area contributed by atoms with Crippen LogP contribution in [0.2, 0.25) is 0 Å². The molecule has 2 aromatic rings. The van der Waals surface area contributed by atoms with E-state index in [1.54, 1.807) is 0 Å². The monoisotopic (exact) mass is 306 g/mol. The van der Waals surface area contributed by atoms with Gasteiger partial charge in [0.25, 0.3) is 5.91 Å². The number of benzene rings is 1. The van der Waals surface area contributed by atoms with Gasteiger partial charge in [0.2, 0.25) is 0 Å². The second-order valence-corrected chi connectivity index (χ2v) is 5.21. The lowest BCUT2D eigenvalue weighted by molar-refractivity contribution is 0.101. The van der Waals surface area contributed by atoms with Crippen LogP contribution in [0.25, 0.3) is 0 Å². The largest absolute Gasteiger partial charge is 0.344 e. The smallest absolute Gasteiger partial charge is 0.272 e. The third-order valence-corrected chi connectivity index (χ3v) is 3.67. The van der Waals surface area contributed by atoms with E-state index in [4.69, 9.17) is 0 Å². The molecule has 94 valence electrons. The predicted octanol–water partition coefficient (Wildman–Crippen LogP) is 3.66. The zero-order chi connectivity index (χ0) is 13.3. The summed E-state index contributed by atoms with van der Waals surface area (Å²) in [5.41, 5.74) is 3.61. The summed E-state index contributed by atoms with van der Waals surface area (Å²) in [6, 6.07) is 9.62. The summed E-state index contributed by atoms with van der Waals surface area (Å²) in [6.07, 6.45) is 0. The van der Waals surface area contributed by atoms with Crippen molar-refractivity contribution < 1.29 is 4.79 Å². The van der Waals surface area contributed by atoms with Crippen LogP contribution >= 0.6 is 15.9 Å². The lowest BCUT2D eigenvalue weighted by atomic mass is 10.2. The molecular weight excluding hydrogens is 292 g/mol. The van der Waals surface area contributed by atoms with Gasteiger partial charge in [0.1, 0.15) is 5.69 Å². The predicted molar refractivity (Wildman–Crippen MR) is 77.0 cm³/mol. The second kappa shape index (κ2) is 4.98. The molecule has 0 bridgehead atoms. The minimum absolute atomic E-state index is 0.100. The standard InChI is InChI=1S/C14H15BrN2O/c1-9-4-6-11(15)12(8-9)16-14(18)13-7-5-10(2)17(13)3/h4-8H,1-3H3,(H,16,18). The molecule has 1 aromatic heterocycles. The maximum Gasteiger partial charge on any atom is 0.272 e. The second-order valence-electron chi connectivity index (χ2n) is 4.36. The first-order valence-electron chi connectivity index (χ1n) is 5.69. The number of amides is 1. The Hall–Kier alpha value is -1.55. The first-order valence-corrected chi connectivity index (χ1v) is 6.48. The molecule has 0 spiro atoms. The first-order chi connectivity index (χ1) is 8.49. The van der Waals surface area contributed by atoms with Crippen molar-refractivity contribution >= 4 is 27.5 Å². The van der Waals surface area contributed by atoms with Gasteiger partial charge in [-0.25, -0.2) is 0 Å². The van der Waals surface area contributed by atoms with Crippen LogP contribution in [-0.4, -0.2) is 10.5 Å². The lowest BCUT2D eigenvalue weighted by Crippen LogP contribution is -2.16. The van der Waals surface area contributed by atoms with Crippen molar-refractivity contribution in [2.75, 3.05) is 5.32 Å². The number of hydrogen-bond acceptors (Lipinski definition) is 1. The van der Waals surface area contributed by atoms with E-state index in [9.17, 15) is 4.79 Å². The Balaban J connectivity index is 2.27. The van der Waals surface area contributed by atoms with Crippen molar-refractivity contribution in [1.29, 1.82) is 0 Å². The van der Waals surface area contributed by atoms with Crippen molar-refractivity contribution in [3.05, 3.63) is 51.8 Å². The number of aryl methyl sites for hydroxylation is 2. The Morgan fingerprint density at radius 2 is 1.94 bits per heavy atom. The molecule has 0 saturated heterocycles. The molecule has 4 heteroatoms. The van der Waals surface area contributed by atoms with Gasteiger partial charge in [0.05, 0.1) is 5.69 Å². The van der Waals surface area contributed by atoms with Gasteiger partial charge in [0.15, 0.2) is 0 Å². The fourth-order valence-electron chi connectivity index (χ4n) is 1.76. The van der Waals surface area contributed by atoms with Crippen molar-refractivity contribution in [3.8, 4) is 0 Å². The highest BCUT2D eigenvalue weighted by Crippen LogP contribution is 2.24. The van der Waals surface area contributed by atoms with Crippen LogP contribution in [0, 0.1) is 13.8 Å². The zero-order valence-corrected chi connectivity index (χ0v) is 12.2. The molecule has 0 aliphatic carbocycles. The van der Waals surface area contributed by atoms with Crippen LogP contribution in [-0.2, 0) is 7.05 Å². The van der Waals surface area contributed by atoms with E-state index in [1.165, 1.54) is 0 Å². The number of halogens is 1. The Labute approximate surface area is 115 Å². The molecule has 0 aliphatic rings. The number of carbonyl (C=O) groups excluding carboxylic acids is 1. The van der Waals surface area contributed by atoms with E-state index in [0.29, 0.717) is 5.69 Å². The highest BCUT2D eigenvalue weighted by Gasteiger charge is 2.12. The molecule has 2 rings (SSSR count). The van der Waals surface area contributed by atoms with Gasteiger partial charge in [-0.3, -0.25) is 4.79 Å². The fourth-order valence-corrected chi connectivity index (χ4v) is 2.11. The van der Waals surface area contributed by atoms with Gasteiger partial charge >= 0.3 is 0 Å². The summed E-state index contributed by atoms with van der Waals surface area (Å²) in [6.45, 7) is 3.97. The number of aromatic nitrogens is 1. The van der Waals surface area contributed by atoms with Gasteiger partial charge < -0.3 is 9.88 Å². The fraction of sp³-hybridized carbons (Fsp3) is 0.214. The molecule has 0 unspecified atom stereocenters. The SMILES string of the molecule is Cc1ccc(Br)c(NC(=O)c2ccc(C)n2C)c1. The van der Waals surface area contributed by atoms with Crippen LogP contribution in [0.5, 0.6) is 0 Å². The molecule has 0 fully saturated rings. The van der Waals surface area contributed by atoms with E-state index in [0.717, 1.165) is 21.4 Å². The molecule has 1 N–H and O–H groups in total. The Kier molecular flexibility index (Phi) is 3.57. The Bertz CT molecular complexity index is 602. The number of carbonyl (C=O) groups is 1. The molecule has 1 amide bonds. The van der Waals surface area contributed by atoms with E-state index >= 15 is 0 Å². The minimum atomic E-state index is -0.100. The first kappa shape index (κ1) is 12.9. The lowest BCUT2D eigenvalue weighted by Gasteiger charge is -2.09. The molecular formula is C14H15BrN2O. The highest BCUT2D eigenvalue weighted by atomic mass is 79.9. The van der Waals surface area contributed by atoms with Crippen molar-refractivity contribution in [3.63, 3.8) is 0 Å². The summed E-state index contributed by atoms with van der Waals surface area (Å²) in [5, 5.41) is 2.91. The summed E-state index contributed by atoms with van der Waals surface area (Å²) in [4.78, 5) is 12.2. The van der Waals surface area contributed by atoms with Crippen molar-refractivity contribution in [1.82, 2.24) is 4.57 Å². The van der Waals surface area contributed by atoms with E-state index in [2.05, 4.69) is 21.2 Å². The Morgan fingerprint density at radius 1 is 1.22 bits per heavy atom. The van der Waals surface area contributed by atoms with Gasteiger partial charge in [-0.15, -0.1) is 0 Å². The van der Waals surface area contributed by atoms with Crippen LogP contribution in [0.15, 0.2) is 34.8 Å². The van der Waals surface area contributed by atoms with Crippen LogP contribution in [0.1, 0.15) is 21.7 Å². The van der Waals surface area contributed by atoms with Crippen LogP contribution in [0.3, 0.4) is 0 Å². The maximum absolute atomic E-state index is 12.2. The molecule has 0 aliphatic heterocycles. The molecule has 0 atom stereocenters. The number of nitrogens with one attached hydrogen (secondary N) is 1. The number of rotatable bonds is 2. The van der Waals surface area contributed by atoms with Gasteiger partial charge in [0, 0.05) is 17.2 Å². The Morgan fingerprint density at radius 3 is 2.56 bits per heavy atom. The number of anilines is 1. The third kappa shape index (κ3) is 2.48. The quantitative estimate of drug-likeness (QED) is 0.902. The van der Waals surface area contributed by atoms with Gasteiger partial charge in [-0.1, -0.05) is 6.07 Å². The van der Waals surface area contributed by atoms with Gasteiger partial charge in [-0.05, 0) is 59.6 Å². The molecule has 3 nitrogen and oxygen atoms in total. The summed E-state index contributed by atoms with van der Waals surface area (Å²) in [7, 11) is 1.88. The minimum Gasteiger partial charge on any atom is -0.344 e. The maximum atomic E-state index is 12.2.